The molecule has 1 aliphatic heterocycles. The van der Waals surface area contributed by atoms with E-state index in [1.807, 2.05) is 13.8 Å². The standard InChI is InChI=1S/C15H16N2O2/c1-9(2)12(8-16)15(19)11-3-5-13-10(7-11)4-6-14(18)17-13/h3,5,7,9,12H,4,6H2,1-2H3,(H,17,18). The molecule has 1 aromatic rings. The Morgan fingerprint density at radius 3 is 2.74 bits per heavy atom. The zero-order valence-electron chi connectivity index (χ0n) is 11.1. The van der Waals surface area contributed by atoms with E-state index in [0.717, 1.165) is 11.3 Å². The maximum atomic E-state index is 12.3. The second-order valence-corrected chi connectivity index (χ2v) is 5.14. The third-order valence-electron chi connectivity index (χ3n) is 3.37. The van der Waals surface area contributed by atoms with E-state index in [1.54, 1.807) is 18.2 Å². The SMILES string of the molecule is CC(C)C(C#N)C(=O)c1ccc2c(c1)CCC(=O)N2. The molecule has 0 saturated heterocycles. The predicted octanol–water partition coefficient (Wildman–Crippen LogP) is 2.55. The first-order valence-corrected chi connectivity index (χ1v) is 6.39. The summed E-state index contributed by atoms with van der Waals surface area (Å²) in [6, 6.07) is 7.29. The molecule has 0 bridgehead atoms. The highest BCUT2D eigenvalue weighted by molar-refractivity contribution is 6.01. The molecule has 19 heavy (non-hydrogen) atoms. The van der Waals surface area contributed by atoms with Gasteiger partial charge < -0.3 is 5.32 Å². The van der Waals surface area contributed by atoms with Gasteiger partial charge in [-0.25, -0.2) is 0 Å². The summed E-state index contributed by atoms with van der Waals surface area (Å²) in [5, 5.41) is 11.9. The van der Waals surface area contributed by atoms with Crippen LogP contribution in [0.15, 0.2) is 18.2 Å². The first-order chi connectivity index (χ1) is 9.02. The van der Waals surface area contributed by atoms with Gasteiger partial charge in [-0.2, -0.15) is 5.26 Å². The van der Waals surface area contributed by atoms with Crippen molar-refractivity contribution in [2.24, 2.45) is 11.8 Å². The lowest BCUT2D eigenvalue weighted by atomic mass is 9.88. The predicted molar refractivity (Wildman–Crippen MR) is 71.7 cm³/mol. The molecule has 0 aliphatic carbocycles. The van der Waals surface area contributed by atoms with Gasteiger partial charge in [-0.1, -0.05) is 13.8 Å². The minimum atomic E-state index is -0.615. The molecule has 4 nitrogen and oxygen atoms in total. The van der Waals surface area contributed by atoms with Crippen molar-refractivity contribution < 1.29 is 9.59 Å². The number of ketones is 1. The number of benzene rings is 1. The molecule has 1 unspecified atom stereocenters. The second-order valence-electron chi connectivity index (χ2n) is 5.14. The lowest BCUT2D eigenvalue weighted by Gasteiger charge is -2.18. The minimum absolute atomic E-state index is 0.00339. The molecule has 1 heterocycles. The average molecular weight is 256 g/mol. The molecule has 1 atom stereocenters. The Hall–Kier alpha value is -2.15. The van der Waals surface area contributed by atoms with Crippen molar-refractivity contribution in [3.63, 3.8) is 0 Å². The highest BCUT2D eigenvalue weighted by atomic mass is 16.1. The van der Waals surface area contributed by atoms with Gasteiger partial charge in [0.15, 0.2) is 5.78 Å². The van der Waals surface area contributed by atoms with Gasteiger partial charge in [-0.3, -0.25) is 9.59 Å². The summed E-state index contributed by atoms with van der Waals surface area (Å²) in [5.74, 6) is -0.759. The van der Waals surface area contributed by atoms with Crippen LogP contribution in [0.4, 0.5) is 5.69 Å². The fourth-order valence-corrected chi connectivity index (χ4v) is 2.23. The molecule has 0 spiro atoms. The lowest BCUT2D eigenvalue weighted by Crippen LogP contribution is -2.21. The normalized spacial score (nSPS) is 15.4. The summed E-state index contributed by atoms with van der Waals surface area (Å²) in [4.78, 5) is 23.5. The van der Waals surface area contributed by atoms with Crippen LogP contribution >= 0.6 is 0 Å². The largest absolute Gasteiger partial charge is 0.326 e. The molecule has 98 valence electrons. The van der Waals surface area contributed by atoms with Gasteiger partial charge >= 0.3 is 0 Å². The molecule has 1 N–H and O–H groups in total. The van der Waals surface area contributed by atoms with Gasteiger partial charge in [0.25, 0.3) is 0 Å². The van der Waals surface area contributed by atoms with Gasteiger partial charge in [-0.15, -0.1) is 0 Å². The maximum Gasteiger partial charge on any atom is 0.224 e. The molecule has 1 amide bonds. The number of carbonyl (C=O) groups is 2. The van der Waals surface area contributed by atoms with E-state index in [-0.39, 0.29) is 17.6 Å². The number of nitrogens with one attached hydrogen (secondary N) is 1. The number of rotatable bonds is 3. The molecule has 0 saturated carbocycles. The van der Waals surface area contributed by atoms with E-state index < -0.39 is 5.92 Å². The van der Waals surface area contributed by atoms with Gasteiger partial charge in [0.05, 0.1) is 6.07 Å². The molecule has 1 aromatic carbocycles. The van der Waals surface area contributed by atoms with E-state index in [2.05, 4.69) is 11.4 Å². The summed E-state index contributed by atoms with van der Waals surface area (Å²) in [6.45, 7) is 3.73. The Morgan fingerprint density at radius 2 is 2.11 bits per heavy atom. The monoisotopic (exact) mass is 256 g/mol. The number of nitrogens with zero attached hydrogens (tertiary/aromatic N) is 1. The topological polar surface area (TPSA) is 70.0 Å². The first-order valence-electron chi connectivity index (χ1n) is 6.39. The van der Waals surface area contributed by atoms with Crippen molar-refractivity contribution in [2.45, 2.75) is 26.7 Å². The second kappa shape index (κ2) is 5.23. The smallest absolute Gasteiger partial charge is 0.224 e. The van der Waals surface area contributed by atoms with Crippen LogP contribution in [0.2, 0.25) is 0 Å². The number of hydrogen-bond donors (Lipinski definition) is 1. The number of hydrogen-bond acceptors (Lipinski definition) is 3. The fourth-order valence-electron chi connectivity index (χ4n) is 2.23. The summed E-state index contributed by atoms with van der Waals surface area (Å²) in [7, 11) is 0. The van der Waals surface area contributed by atoms with Crippen molar-refractivity contribution in [2.75, 3.05) is 5.32 Å². The van der Waals surface area contributed by atoms with Crippen molar-refractivity contribution in [3.8, 4) is 6.07 Å². The van der Waals surface area contributed by atoms with Crippen molar-refractivity contribution >= 4 is 17.4 Å². The van der Waals surface area contributed by atoms with Crippen LogP contribution in [0.25, 0.3) is 0 Å². The Labute approximate surface area is 112 Å². The molecule has 0 radical (unpaired) electrons. The zero-order valence-corrected chi connectivity index (χ0v) is 11.1. The number of aryl methyl sites for hydroxylation is 1. The van der Waals surface area contributed by atoms with Crippen LogP contribution in [-0.2, 0) is 11.2 Å². The van der Waals surface area contributed by atoms with Crippen molar-refractivity contribution in [1.29, 1.82) is 5.26 Å². The molecular weight excluding hydrogens is 240 g/mol. The van der Waals surface area contributed by atoms with Gasteiger partial charge in [-0.05, 0) is 36.1 Å². The quantitative estimate of drug-likeness (QED) is 0.845. The summed E-state index contributed by atoms with van der Waals surface area (Å²) in [5.41, 5.74) is 2.28. The maximum absolute atomic E-state index is 12.3. The van der Waals surface area contributed by atoms with Crippen molar-refractivity contribution in [1.82, 2.24) is 0 Å². The summed E-state index contributed by atoms with van der Waals surface area (Å²) < 4.78 is 0. The van der Waals surface area contributed by atoms with Crippen LogP contribution in [0.1, 0.15) is 36.2 Å². The molecule has 1 aliphatic rings. The van der Waals surface area contributed by atoms with Crippen LogP contribution in [-0.4, -0.2) is 11.7 Å². The molecule has 4 heteroatoms. The molecule has 0 aromatic heterocycles. The number of fused-ring (bicyclic) bond motifs is 1. The minimum Gasteiger partial charge on any atom is -0.326 e. The fraction of sp³-hybridized carbons (Fsp3) is 0.400. The number of carbonyl (C=O) groups excluding carboxylic acids is 2. The van der Waals surface area contributed by atoms with Crippen LogP contribution in [0.3, 0.4) is 0 Å². The number of amides is 1. The van der Waals surface area contributed by atoms with E-state index >= 15 is 0 Å². The molecule has 2 rings (SSSR count). The highest BCUT2D eigenvalue weighted by Crippen LogP contribution is 2.25. The average Bonchev–Trinajstić information content (AvgIpc) is 2.38. The highest BCUT2D eigenvalue weighted by Gasteiger charge is 2.24. The van der Waals surface area contributed by atoms with Gasteiger partial charge in [0.2, 0.25) is 5.91 Å². The summed E-state index contributed by atoms with van der Waals surface area (Å²) >= 11 is 0. The molecular formula is C15H16N2O2. The van der Waals surface area contributed by atoms with E-state index in [0.29, 0.717) is 18.4 Å². The van der Waals surface area contributed by atoms with Gasteiger partial charge in [0, 0.05) is 17.7 Å². The lowest BCUT2D eigenvalue weighted by molar-refractivity contribution is -0.116. The Balaban J connectivity index is 2.30. The number of anilines is 1. The van der Waals surface area contributed by atoms with Crippen LogP contribution < -0.4 is 5.32 Å². The van der Waals surface area contributed by atoms with E-state index in [4.69, 9.17) is 5.26 Å². The van der Waals surface area contributed by atoms with E-state index in [1.165, 1.54) is 0 Å². The first kappa shape index (κ1) is 13.3. The number of Topliss-reactive ketones (excluding diaryl/α,β-unsaturated/α-hetero) is 1. The van der Waals surface area contributed by atoms with E-state index in [9.17, 15) is 9.59 Å². The van der Waals surface area contributed by atoms with Crippen LogP contribution in [0, 0.1) is 23.2 Å². The molecule has 0 fully saturated rings. The third kappa shape index (κ3) is 2.65. The van der Waals surface area contributed by atoms with Gasteiger partial charge in [0.1, 0.15) is 5.92 Å². The third-order valence-corrected chi connectivity index (χ3v) is 3.37. The Bertz CT molecular complexity index is 570. The summed E-state index contributed by atoms with van der Waals surface area (Å²) in [6.07, 6.45) is 1.08. The van der Waals surface area contributed by atoms with Crippen molar-refractivity contribution in [3.05, 3.63) is 29.3 Å². The Morgan fingerprint density at radius 1 is 1.37 bits per heavy atom. The number of nitriles is 1. The zero-order chi connectivity index (χ0) is 14.0. The Kier molecular flexibility index (Phi) is 3.66. The van der Waals surface area contributed by atoms with Crippen LogP contribution in [0.5, 0.6) is 0 Å².